The minimum absolute atomic E-state index is 0.0292. The number of benzene rings is 1. The van der Waals surface area contributed by atoms with E-state index in [0.717, 1.165) is 36.1 Å². The van der Waals surface area contributed by atoms with Gasteiger partial charge >= 0.3 is 0 Å². The molecule has 1 aromatic carbocycles. The molecule has 0 spiro atoms. The third-order valence-corrected chi connectivity index (χ3v) is 5.59. The fourth-order valence-electron chi connectivity index (χ4n) is 3.96. The van der Waals surface area contributed by atoms with E-state index in [1.165, 1.54) is 0 Å². The number of fused-ring (bicyclic) bond motifs is 1. The number of nitrogens with zero attached hydrogens (tertiary/aromatic N) is 4. The molecule has 1 fully saturated rings. The Morgan fingerprint density at radius 3 is 2.67 bits per heavy atom. The van der Waals surface area contributed by atoms with Crippen LogP contribution in [0.5, 0.6) is 0 Å². The van der Waals surface area contributed by atoms with E-state index >= 15 is 0 Å². The first-order valence-electron chi connectivity index (χ1n) is 10.3. The Bertz CT molecular complexity index is 1050. The largest absolute Gasteiger partial charge is 0.361 e. The van der Waals surface area contributed by atoms with Gasteiger partial charge in [-0.15, -0.1) is 0 Å². The van der Waals surface area contributed by atoms with Crippen LogP contribution < -0.4 is 5.32 Å². The highest BCUT2D eigenvalue weighted by Gasteiger charge is 2.24. The van der Waals surface area contributed by atoms with Crippen molar-refractivity contribution in [2.45, 2.75) is 13.3 Å². The number of aromatic nitrogens is 2. The summed E-state index contributed by atoms with van der Waals surface area (Å²) in [7, 11) is 2.00. The Kier molecular flexibility index (Phi) is 5.85. The van der Waals surface area contributed by atoms with Gasteiger partial charge in [-0.05, 0) is 18.6 Å². The highest BCUT2D eigenvalue weighted by molar-refractivity contribution is 5.92. The quantitative estimate of drug-likeness (QED) is 0.669. The van der Waals surface area contributed by atoms with Crippen LogP contribution in [0.3, 0.4) is 0 Å². The minimum atomic E-state index is -0.0881. The van der Waals surface area contributed by atoms with E-state index in [1.807, 2.05) is 25.4 Å². The summed E-state index contributed by atoms with van der Waals surface area (Å²) >= 11 is 0. The van der Waals surface area contributed by atoms with Gasteiger partial charge in [0.15, 0.2) is 5.69 Å². The molecule has 3 heterocycles. The second-order valence-corrected chi connectivity index (χ2v) is 7.77. The first-order valence-corrected chi connectivity index (χ1v) is 10.3. The summed E-state index contributed by atoms with van der Waals surface area (Å²) in [5.74, 6) is 0.577. The number of carbonyl (C=O) groups is 2. The second kappa shape index (κ2) is 8.71. The van der Waals surface area contributed by atoms with E-state index in [2.05, 4.69) is 32.1 Å². The molecule has 0 saturated carbocycles. The Balaban J connectivity index is 1.20. The first kappa shape index (κ1) is 20.2. The molecule has 1 N–H and O–H groups in total. The molecule has 1 aliphatic heterocycles. The summed E-state index contributed by atoms with van der Waals surface area (Å²) in [5.41, 5.74) is 2.54. The van der Waals surface area contributed by atoms with Crippen LogP contribution in [0.4, 0.5) is 0 Å². The lowest BCUT2D eigenvalue weighted by molar-refractivity contribution is -0.120. The monoisotopic (exact) mass is 409 g/mol. The van der Waals surface area contributed by atoms with Gasteiger partial charge in [-0.25, -0.2) is 0 Å². The summed E-state index contributed by atoms with van der Waals surface area (Å²) in [6.45, 7) is 6.00. The molecule has 0 unspecified atom stereocenters. The Labute approximate surface area is 175 Å². The number of hydrogen-bond acceptors (Lipinski definition) is 5. The molecule has 158 valence electrons. The van der Waals surface area contributed by atoms with Crippen molar-refractivity contribution in [1.29, 1.82) is 0 Å². The maximum atomic E-state index is 12.4. The number of para-hydroxylation sites is 1. The standard InChI is InChI=1S/C22H27N5O3/c1-16-13-19(24-30-16)22(29)27-11-9-26(10-12-27)8-7-23-21(28)14-17-15-25(2)20-6-4-3-5-18(17)20/h3-6,13,15H,7-12,14H2,1-2H3,(H,23,28). The van der Waals surface area contributed by atoms with Gasteiger partial charge in [0.25, 0.3) is 5.91 Å². The number of aryl methyl sites for hydroxylation is 2. The summed E-state index contributed by atoms with van der Waals surface area (Å²) in [6, 6.07) is 9.79. The van der Waals surface area contributed by atoms with Crippen LogP contribution in [0.1, 0.15) is 21.8 Å². The van der Waals surface area contributed by atoms with Crippen molar-refractivity contribution < 1.29 is 14.1 Å². The van der Waals surface area contributed by atoms with E-state index in [4.69, 9.17) is 4.52 Å². The lowest BCUT2D eigenvalue weighted by atomic mass is 10.1. The van der Waals surface area contributed by atoms with Crippen molar-refractivity contribution in [3.05, 3.63) is 53.5 Å². The molecule has 3 aromatic rings. The van der Waals surface area contributed by atoms with Crippen molar-refractivity contribution in [2.75, 3.05) is 39.3 Å². The van der Waals surface area contributed by atoms with Crippen LogP contribution in [-0.4, -0.2) is 70.6 Å². The van der Waals surface area contributed by atoms with E-state index in [0.29, 0.717) is 37.5 Å². The van der Waals surface area contributed by atoms with Crippen molar-refractivity contribution in [2.24, 2.45) is 7.05 Å². The Morgan fingerprint density at radius 1 is 1.17 bits per heavy atom. The zero-order valence-electron chi connectivity index (χ0n) is 17.4. The second-order valence-electron chi connectivity index (χ2n) is 7.77. The minimum Gasteiger partial charge on any atom is -0.361 e. The van der Waals surface area contributed by atoms with Crippen molar-refractivity contribution in [1.82, 2.24) is 24.8 Å². The van der Waals surface area contributed by atoms with Crippen molar-refractivity contribution in [3.8, 4) is 0 Å². The lowest BCUT2D eigenvalue weighted by Crippen LogP contribution is -2.50. The topological polar surface area (TPSA) is 83.6 Å². The average Bonchev–Trinajstić information content (AvgIpc) is 3.32. The van der Waals surface area contributed by atoms with Gasteiger partial charge in [-0.1, -0.05) is 23.4 Å². The predicted molar refractivity (Wildman–Crippen MR) is 113 cm³/mol. The van der Waals surface area contributed by atoms with Crippen LogP contribution in [0.25, 0.3) is 10.9 Å². The van der Waals surface area contributed by atoms with Crippen molar-refractivity contribution in [3.63, 3.8) is 0 Å². The molecule has 0 aliphatic carbocycles. The maximum Gasteiger partial charge on any atom is 0.276 e. The summed E-state index contributed by atoms with van der Waals surface area (Å²) < 4.78 is 7.05. The number of piperazine rings is 1. The van der Waals surface area contributed by atoms with Gasteiger partial charge in [0.2, 0.25) is 5.91 Å². The normalized spacial score (nSPS) is 14.9. The van der Waals surface area contributed by atoms with Crippen LogP contribution in [0.2, 0.25) is 0 Å². The third kappa shape index (κ3) is 4.38. The molecule has 30 heavy (non-hydrogen) atoms. The van der Waals surface area contributed by atoms with Crippen LogP contribution in [0.15, 0.2) is 41.1 Å². The molecule has 1 aliphatic rings. The SMILES string of the molecule is Cc1cc(C(=O)N2CCN(CCNC(=O)Cc3cn(C)c4ccccc34)CC2)no1. The molecule has 1 saturated heterocycles. The number of nitrogens with one attached hydrogen (secondary N) is 1. The van der Waals surface area contributed by atoms with Crippen molar-refractivity contribution >= 4 is 22.7 Å². The van der Waals surface area contributed by atoms with E-state index in [9.17, 15) is 9.59 Å². The third-order valence-electron chi connectivity index (χ3n) is 5.59. The molecule has 8 heteroatoms. The average molecular weight is 409 g/mol. The lowest BCUT2D eigenvalue weighted by Gasteiger charge is -2.34. The molecular weight excluding hydrogens is 382 g/mol. The fourth-order valence-corrected chi connectivity index (χ4v) is 3.96. The van der Waals surface area contributed by atoms with E-state index in [-0.39, 0.29) is 11.8 Å². The number of hydrogen-bond donors (Lipinski definition) is 1. The van der Waals surface area contributed by atoms with E-state index < -0.39 is 0 Å². The van der Waals surface area contributed by atoms with Gasteiger partial charge < -0.3 is 19.3 Å². The van der Waals surface area contributed by atoms with Gasteiger partial charge in [0.05, 0.1) is 6.42 Å². The Hall–Kier alpha value is -3.13. The smallest absolute Gasteiger partial charge is 0.276 e. The van der Waals surface area contributed by atoms with Crippen LogP contribution in [-0.2, 0) is 18.3 Å². The zero-order chi connectivity index (χ0) is 21.1. The molecule has 2 amide bonds. The summed E-state index contributed by atoms with van der Waals surface area (Å²) in [6.07, 6.45) is 2.40. The summed E-state index contributed by atoms with van der Waals surface area (Å²) in [4.78, 5) is 28.9. The fraction of sp³-hybridized carbons (Fsp3) is 0.409. The Morgan fingerprint density at radius 2 is 1.93 bits per heavy atom. The van der Waals surface area contributed by atoms with Gasteiger partial charge in [-0.3, -0.25) is 14.5 Å². The number of rotatable bonds is 6. The zero-order valence-corrected chi connectivity index (χ0v) is 17.4. The first-order chi connectivity index (χ1) is 14.5. The molecular formula is C22H27N5O3. The molecule has 2 aromatic heterocycles. The van der Waals surface area contributed by atoms with Gasteiger partial charge in [0, 0.05) is 69.5 Å². The van der Waals surface area contributed by atoms with E-state index in [1.54, 1.807) is 17.9 Å². The summed E-state index contributed by atoms with van der Waals surface area (Å²) in [5, 5.41) is 7.95. The predicted octanol–water partition coefficient (Wildman–Crippen LogP) is 1.59. The number of amides is 2. The van der Waals surface area contributed by atoms with Gasteiger partial charge in [0.1, 0.15) is 5.76 Å². The molecule has 4 rings (SSSR count). The van der Waals surface area contributed by atoms with Gasteiger partial charge in [-0.2, -0.15) is 0 Å². The van der Waals surface area contributed by atoms with Crippen LogP contribution in [0, 0.1) is 6.92 Å². The molecule has 0 bridgehead atoms. The maximum absolute atomic E-state index is 12.4. The molecule has 0 atom stereocenters. The molecule has 8 nitrogen and oxygen atoms in total. The highest BCUT2D eigenvalue weighted by atomic mass is 16.5. The van der Waals surface area contributed by atoms with Crippen LogP contribution >= 0.6 is 0 Å². The molecule has 0 radical (unpaired) electrons. The number of carbonyl (C=O) groups excluding carboxylic acids is 2. The highest BCUT2D eigenvalue weighted by Crippen LogP contribution is 2.20.